The molecule has 18 heavy (non-hydrogen) atoms. The van der Waals surface area contributed by atoms with Crippen molar-refractivity contribution < 1.29 is 9.59 Å². The molecule has 0 heterocycles. The molecule has 0 aliphatic heterocycles. The molecule has 0 radical (unpaired) electrons. The first-order chi connectivity index (χ1) is 8.47. The van der Waals surface area contributed by atoms with Crippen molar-refractivity contribution in [2.45, 2.75) is 58.5 Å². The van der Waals surface area contributed by atoms with Crippen LogP contribution in [0.3, 0.4) is 0 Å². The fraction of sp³-hybridized carbons (Fsp3) is 0.857. The van der Waals surface area contributed by atoms with E-state index in [4.69, 9.17) is 0 Å². The molecule has 4 nitrogen and oxygen atoms in total. The second-order valence-corrected chi connectivity index (χ2v) is 6.23. The molecule has 2 saturated carbocycles. The van der Waals surface area contributed by atoms with Crippen LogP contribution < -0.4 is 10.6 Å². The fourth-order valence-electron chi connectivity index (χ4n) is 3.61. The molecule has 2 rings (SSSR count). The molecule has 0 spiro atoms. The Hall–Kier alpha value is -1.06. The molecule has 2 aliphatic rings. The first-order valence-electron chi connectivity index (χ1n) is 7.08. The molecule has 0 aromatic carbocycles. The van der Waals surface area contributed by atoms with Gasteiger partial charge in [-0.15, -0.1) is 0 Å². The maximum Gasteiger partial charge on any atom is 0.309 e. The highest BCUT2D eigenvalue weighted by molar-refractivity contribution is 6.35. The second-order valence-electron chi connectivity index (χ2n) is 6.23. The summed E-state index contributed by atoms with van der Waals surface area (Å²) in [5.74, 6) is 1.20. The lowest BCUT2D eigenvalue weighted by Gasteiger charge is -2.28. The molecular weight excluding hydrogens is 228 g/mol. The zero-order valence-electron chi connectivity index (χ0n) is 11.5. The van der Waals surface area contributed by atoms with Gasteiger partial charge < -0.3 is 10.6 Å². The SMILES string of the molecule is CC(C)NC(=O)C(=O)NC(C)C1CC2CCC1C2. The van der Waals surface area contributed by atoms with E-state index in [0.717, 1.165) is 11.8 Å². The second kappa shape index (κ2) is 5.29. The predicted octanol–water partition coefficient (Wildman–Crippen LogP) is 1.45. The monoisotopic (exact) mass is 252 g/mol. The van der Waals surface area contributed by atoms with Crippen LogP contribution in [0.1, 0.15) is 46.5 Å². The fourth-order valence-corrected chi connectivity index (χ4v) is 3.61. The minimum Gasteiger partial charge on any atom is -0.346 e. The van der Waals surface area contributed by atoms with Crippen LogP contribution in [-0.2, 0) is 9.59 Å². The average molecular weight is 252 g/mol. The molecule has 0 aromatic heterocycles. The zero-order valence-corrected chi connectivity index (χ0v) is 11.5. The van der Waals surface area contributed by atoms with Gasteiger partial charge >= 0.3 is 11.8 Å². The van der Waals surface area contributed by atoms with Crippen LogP contribution in [0.5, 0.6) is 0 Å². The molecule has 102 valence electrons. The Labute approximate surface area is 109 Å². The summed E-state index contributed by atoms with van der Waals surface area (Å²) >= 11 is 0. The van der Waals surface area contributed by atoms with Crippen molar-refractivity contribution in [3.8, 4) is 0 Å². The Bertz CT molecular complexity index is 341. The number of carbonyl (C=O) groups excluding carboxylic acids is 2. The highest BCUT2D eigenvalue weighted by Gasteiger charge is 2.42. The molecule has 4 atom stereocenters. The minimum absolute atomic E-state index is 0.000971. The molecule has 2 aliphatic carbocycles. The number of rotatable bonds is 3. The largest absolute Gasteiger partial charge is 0.346 e. The lowest BCUT2D eigenvalue weighted by atomic mass is 9.84. The van der Waals surface area contributed by atoms with Crippen molar-refractivity contribution >= 4 is 11.8 Å². The molecule has 0 saturated heterocycles. The summed E-state index contributed by atoms with van der Waals surface area (Å²) in [6, 6.07) is 0.117. The summed E-state index contributed by atoms with van der Waals surface area (Å²) < 4.78 is 0. The van der Waals surface area contributed by atoms with Crippen molar-refractivity contribution in [2.75, 3.05) is 0 Å². The summed E-state index contributed by atoms with van der Waals surface area (Å²) in [7, 11) is 0. The van der Waals surface area contributed by atoms with E-state index in [1.54, 1.807) is 0 Å². The first-order valence-corrected chi connectivity index (χ1v) is 7.08. The third-order valence-electron chi connectivity index (χ3n) is 4.42. The number of nitrogens with one attached hydrogen (secondary N) is 2. The van der Waals surface area contributed by atoms with E-state index in [0.29, 0.717) is 5.92 Å². The Morgan fingerprint density at radius 3 is 2.17 bits per heavy atom. The van der Waals surface area contributed by atoms with Gasteiger partial charge in [-0.05, 0) is 57.8 Å². The van der Waals surface area contributed by atoms with E-state index >= 15 is 0 Å². The maximum absolute atomic E-state index is 11.7. The Balaban J connectivity index is 1.82. The highest BCUT2D eigenvalue weighted by Crippen LogP contribution is 2.49. The van der Waals surface area contributed by atoms with E-state index in [-0.39, 0.29) is 12.1 Å². The van der Waals surface area contributed by atoms with Crippen LogP contribution in [0.2, 0.25) is 0 Å². The topological polar surface area (TPSA) is 58.2 Å². The summed E-state index contributed by atoms with van der Waals surface area (Å²) in [6.45, 7) is 5.74. The number of hydrogen-bond acceptors (Lipinski definition) is 2. The van der Waals surface area contributed by atoms with E-state index in [1.807, 2.05) is 20.8 Å². The van der Waals surface area contributed by atoms with Crippen LogP contribution >= 0.6 is 0 Å². The molecule has 2 fully saturated rings. The van der Waals surface area contributed by atoms with E-state index in [2.05, 4.69) is 10.6 Å². The summed E-state index contributed by atoms with van der Waals surface area (Å²) in [6.07, 6.45) is 5.20. The number of hydrogen-bond donors (Lipinski definition) is 2. The van der Waals surface area contributed by atoms with Crippen molar-refractivity contribution in [3.05, 3.63) is 0 Å². The summed E-state index contributed by atoms with van der Waals surface area (Å²) in [5.41, 5.74) is 0. The Morgan fingerprint density at radius 2 is 1.67 bits per heavy atom. The maximum atomic E-state index is 11.7. The van der Waals surface area contributed by atoms with Gasteiger partial charge in [0.25, 0.3) is 0 Å². The quantitative estimate of drug-likeness (QED) is 0.747. The molecule has 2 amide bonds. The predicted molar refractivity (Wildman–Crippen MR) is 69.8 cm³/mol. The molecule has 4 heteroatoms. The number of carbonyl (C=O) groups is 2. The first kappa shape index (κ1) is 13.4. The van der Waals surface area contributed by atoms with Gasteiger partial charge in [-0.3, -0.25) is 9.59 Å². The molecule has 2 bridgehead atoms. The van der Waals surface area contributed by atoms with Gasteiger partial charge in [0.2, 0.25) is 0 Å². The molecule has 2 N–H and O–H groups in total. The van der Waals surface area contributed by atoms with Crippen LogP contribution in [0.4, 0.5) is 0 Å². The molecule has 4 unspecified atom stereocenters. The minimum atomic E-state index is -0.514. The van der Waals surface area contributed by atoms with Gasteiger partial charge in [-0.25, -0.2) is 0 Å². The van der Waals surface area contributed by atoms with Crippen LogP contribution in [0.15, 0.2) is 0 Å². The highest BCUT2D eigenvalue weighted by atomic mass is 16.2. The smallest absolute Gasteiger partial charge is 0.309 e. The van der Waals surface area contributed by atoms with Gasteiger partial charge in [0.05, 0.1) is 0 Å². The number of fused-ring (bicyclic) bond motifs is 2. The standard InChI is InChI=1S/C14H24N2O2/c1-8(2)15-13(17)14(18)16-9(3)12-7-10-4-5-11(12)6-10/h8-12H,4-7H2,1-3H3,(H,15,17)(H,16,18). The molecular formula is C14H24N2O2. The van der Waals surface area contributed by atoms with Crippen LogP contribution in [0, 0.1) is 17.8 Å². The Morgan fingerprint density at radius 1 is 1.00 bits per heavy atom. The summed E-state index contributed by atoms with van der Waals surface area (Å²) in [5, 5.41) is 5.48. The van der Waals surface area contributed by atoms with Crippen molar-refractivity contribution in [2.24, 2.45) is 17.8 Å². The van der Waals surface area contributed by atoms with Gasteiger partial charge in [0.15, 0.2) is 0 Å². The van der Waals surface area contributed by atoms with Gasteiger partial charge in [0.1, 0.15) is 0 Å². The van der Waals surface area contributed by atoms with E-state index in [9.17, 15) is 9.59 Å². The number of amides is 2. The third kappa shape index (κ3) is 2.85. The van der Waals surface area contributed by atoms with Crippen molar-refractivity contribution in [3.63, 3.8) is 0 Å². The zero-order chi connectivity index (χ0) is 13.3. The Kier molecular flexibility index (Phi) is 3.93. The van der Waals surface area contributed by atoms with E-state index in [1.165, 1.54) is 25.7 Å². The average Bonchev–Trinajstić information content (AvgIpc) is 2.89. The molecule has 0 aromatic rings. The third-order valence-corrected chi connectivity index (χ3v) is 4.42. The van der Waals surface area contributed by atoms with Crippen molar-refractivity contribution in [1.29, 1.82) is 0 Å². The van der Waals surface area contributed by atoms with Crippen LogP contribution in [0.25, 0.3) is 0 Å². The van der Waals surface area contributed by atoms with Gasteiger partial charge in [-0.1, -0.05) is 6.42 Å². The van der Waals surface area contributed by atoms with Gasteiger partial charge in [0, 0.05) is 12.1 Å². The van der Waals surface area contributed by atoms with Gasteiger partial charge in [-0.2, -0.15) is 0 Å². The van der Waals surface area contributed by atoms with Crippen LogP contribution in [-0.4, -0.2) is 23.9 Å². The normalized spacial score (nSPS) is 31.4. The lowest BCUT2D eigenvalue weighted by molar-refractivity contribution is -0.140. The van der Waals surface area contributed by atoms with E-state index < -0.39 is 11.8 Å². The van der Waals surface area contributed by atoms with Crippen molar-refractivity contribution in [1.82, 2.24) is 10.6 Å². The summed E-state index contributed by atoms with van der Waals surface area (Å²) in [4.78, 5) is 23.3. The lowest BCUT2D eigenvalue weighted by Crippen LogP contribution is -2.48.